The van der Waals surface area contributed by atoms with E-state index >= 15 is 0 Å². The highest BCUT2D eigenvalue weighted by atomic mass is 35.5. The smallest absolute Gasteiger partial charge is 0.263 e. The molecule has 1 aromatic heterocycles. The van der Waals surface area contributed by atoms with Crippen molar-refractivity contribution in [3.63, 3.8) is 0 Å². The summed E-state index contributed by atoms with van der Waals surface area (Å²) in [5.41, 5.74) is 1.91. The van der Waals surface area contributed by atoms with Crippen LogP contribution in [-0.2, 0) is 16.1 Å². The number of oxazole rings is 1. The van der Waals surface area contributed by atoms with E-state index in [-0.39, 0.29) is 12.5 Å². The van der Waals surface area contributed by atoms with E-state index < -0.39 is 18.0 Å². The van der Waals surface area contributed by atoms with Gasteiger partial charge >= 0.3 is 0 Å². The lowest BCUT2D eigenvalue weighted by Crippen LogP contribution is -2.39. The standard InChI is InChI=1S/C21H16ClN5O3/c1-12-16(23-19(30-12)13-6-3-2-4-7-13)11-26-18-17(24-25-26)20(28)27(21(18)29)15-9-5-8-14(22)10-15/h2-10,17-18H,11H2,1H3/t17-,18-/m0/s1. The molecule has 2 aliphatic rings. The molecule has 1 saturated heterocycles. The normalized spacial score (nSPS) is 20.3. The molecular weight excluding hydrogens is 406 g/mol. The molecule has 30 heavy (non-hydrogen) atoms. The van der Waals surface area contributed by atoms with Crippen LogP contribution in [-0.4, -0.2) is 33.9 Å². The van der Waals surface area contributed by atoms with Gasteiger partial charge in [-0.2, -0.15) is 5.11 Å². The van der Waals surface area contributed by atoms with Crippen molar-refractivity contribution in [1.82, 2.24) is 9.99 Å². The average molecular weight is 422 g/mol. The minimum atomic E-state index is -0.878. The Morgan fingerprint density at radius 1 is 1.07 bits per heavy atom. The summed E-state index contributed by atoms with van der Waals surface area (Å²) >= 11 is 6.03. The van der Waals surface area contributed by atoms with Crippen LogP contribution in [0.25, 0.3) is 11.5 Å². The summed E-state index contributed by atoms with van der Waals surface area (Å²) in [6.07, 6.45) is 0. The van der Waals surface area contributed by atoms with Gasteiger partial charge in [-0.05, 0) is 37.3 Å². The van der Waals surface area contributed by atoms with E-state index in [0.717, 1.165) is 10.5 Å². The number of fused-ring (bicyclic) bond motifs is 1. The molecule has 8 nitrogen and oxygen atoms in total. The number of imide groups is 1. The highest BCUT2D eigenvalue weighted by Crippen LogP contribution is 2.34. The molecule has 0 N–H and O–H groups in total. The molecule has 0 unspecified atom stereocenters. The SMILES string of the molecule is Cc1oc(-c2ccccc2)nc1CN1N=N[C@@H]2C(=O)N(c3cccc(Cl)c3)C(=O)[C@H]21. The van der Waals surface area contributed by atoms with Gasteiger partial charge in [-0.25, -0.2) is 9.88 Å². The third kappa shape index (κ3) is 2.96. The quantitative estimate of drug-likeness (QED) is 0.597. The Balaban J connectivity index is 1.41. The molecule has 2 atom stereocenters. The molecule has 5 rings (SSSR count). The highest BCUT2D eigenvalue weighted by Gasteiger charge is 2.54. The van der Waals surface area contributed by atoms with Crippen LogP contribution in [0.15, 0.2) is 69.4 Å². The number of benzene rings is 2. The van der Waals surface area contributed by atoms with E-state index in [1.165, 1.54) is 5.01 Å². The number of rotatable bonds is 4. The largest absolute Gasteiger partial charge is 0.441 e. The second-order valence-electron chi connectivity index (χ2n) is 7.07. The van der Waals surface area contributed by atoms with Gasteiger partial charge in [-0.1, -0.05) is 41.1 Å². The number of halogens is 1. The van der Waals surface area contributed by atoms with Gasteiger partial charge in [0.1, 0.15) is 11.5 Å². The fraction of sp³-hybridized carbons (Fsp3) is 0.190. The Morgan fingerprint density at radius 2 is 1.87 bits per heavy atom. The Morgan fingerprint density at radius 3 is 2.63 bits per heavy atom. The van der Waals surface area contributed by atoms with E-state index in [1.807, 2.05) is 30.3 Å². The molecule has 2 aromatic carbocycles. The van der Waals surface area contributed by atoms with Crippen molar-refractivity contribution in [3.8, 4) is 11.5 Å². The summed E-state index contributed by atoms with van der Waals surface area (Å²) in [4.78, 5) is 31.6. The monoisotopic (exact) mass is 421 g/mol. The zero-order chi connectivity index (χ0) is 20.8. The first-order chi connectivity index (χ1) is 14.5. The van der Waals surface area contributed by atoms with Gasteiger partial charge in [0.25, 0.3) is 11.8 Å². The second kappa shape index (κ2) is 7.07. The van der Waals surface area contributed by atoms with E-state index in [4.69, 9.17) is 16.0 Å². The van der Waals surface area contributed by atoms with Gasteiger partial charge in [0.05, 0.1) is 12.2 Å². The molecule has 2 aliphatic heterocycles. The molecular formula is C21H16ClN5O3. The van der Waals surface area contributed by atoms with Crippen molar-refractivity contribution in [2.45, 2.75) is 25.6 Å². The van der Waals surface area contributed by atoms with Gasteiger partial charge in [-0.15, -0.1) is 0 Å². The lowest BCUT2D eigenvalue weighted by molar-refractivity contribution is -0.123. The minimum Gasteiger partial charge on any atom is -0.441 e. The van der Waals surface area contributed by atoms with E-state index in [9.17, 15) is 9.59 Å². The molecule has 1 fully saturated rings. The van der Waals surface area contributed by atoms with Crippen molar-refractivity contribution in [2.75, 3.05) is 4.90 Å². The first kappa shape index (κ1) is 18.5. The van der Waals surface area contributed by atoms with Gasteiger partial charge < -0.3 is 4.42 Å². The van der Waals surface area contributed by atoms with Crippen LogP contribution in [0, 0.1) is 6.92 Å². The predicted molar refractivity (Wildman–Crippen MR) is 109 cm³/mol. The Labute approximate surface area is 176 Å². The maximum absolute atomic E-state index is 13.1. The van der Waals surface area contributed by atoms with Crippen LogP contribution in [0.5, 0.6) is 0 Å². The van der Waals surface area contributed by atoms with Crippen LogP contribution >= 0.6 is 11.6 Å². The topological polar surface area (TPSA) is 91.4 Å². The number of amides is 2. The number of carbonyl (C=O) groups is 2. The fourth-order valence-electron chi connectivity index (χ4n) is 3.66. The first-order valence-corrected chi connectivity index (χ1v) is 9.73. The molecule has 0 bridgehead atoms. The fourth-order valence-corrected chi connectivity index (χ4v) is 3.84. The summed E-state index contributed by atoms with van der Waals surface area (Å²) in [6.45, 7) is 2.01. The molecule has 150 valence electrons. The molecule has 3 aromatic rings. The van der Waals surface area contributed by atoms with Crippen molar-refractivity contribution < 1.29 is 14.0 Å². The first-order valence-electron chi connectivity index (χ1n) is 9.35. The molecule has 0 radical (unpaired) electrons. The summed E-state index contributed by atoms with van der Waals surface area (Å²) < 4.78 is 5.79. The van der Waals surface area contributed by atoms with Gasteiger partial charge in [0.2, 0.25) is 5.89 Å². The van der Waals surface area contributed by atoms with Crippen molar-refractivity contribution >= 4 is 29.1 Å². The number of hydrogen-bond acceptors (Lipinski definition) is 7. The van der Waals surface area contributed by atoms with Crippen LogP contribution < -0.4 is 4.90 Å². The van der Waals surface area contributed by atoms with Crippen molar-refractivity contribution in [1.29, 1.82) is 0 Å². The Bertz CT molecular complexity index is 1180. The summed E-state index contributed by atoms with van der Waals surface area (Å²) in [7, 11) is 0. The number of aromatic nitrogens is 1. The van der Waals surface area contributed by atoms with Crippen LogP contribution in [0.2, 0.25) is 5.02 Å². The molecule has 2 amide bonds. The zero-order valence-corrected chi connectivity index (χ0v) is 16.7. The lowest BCUT2D eigenvalue weighted by atomic mass is 10.1. The molecule has 0 spiro atoms. The Kier molecular flexibility index (Phi) is 4.36. The number of hydrogen-bond donors (Lipinski definition) is 0. The number of aryl methyl sites for hydroxylation is 1. The number of nitrogens with zero attached hydrogens (tertiary/aromatic N) is 5. The molecule has 0 aliphatic carbocycles. The van der Waals surface area contributed by atoms with Crippen LogP contribution in [0.1, 0.15) is 11.5 Å². The predicted octanol–water partition coefficient (Wildman–Crippen LogP) is 3.80. The lowest BCUT2D eigenvalue weighted by Gasteiger charge is -2.20. The molecule has 3 heterocycles. The van der Waals surface area contributed by atoms with Gasteiger partial charge in [0, 0.05) is 10.6 Å². The zero-order valence-electron chi connectivity index (χ0n) is 15.9. The molecule has 9 heteroatoms. The maximum Gasteiger partial charge on any atom is 0.263 e. The summed E-state index contributed by atoms with van der Waals surface area (Å²) in [5, 5.41) is 10.0. The summed E-state index contributed by atoms with van der Waals surface area (Å²) in [5.74, 6) is 0.309. The van der Waals surface area contributed by atoms with E-state index in [2.05, 4.69) is 15.3 Å². The third-order valence-corrected chi connectivity index (χ3v) is 5.38. The number of carbonyl (C=O) groups excluding carboxylic acids is 2. The van der Waals surface area contributed by atoms with Gasteiger partial charge in [-0.3, -0.25) is 14.6 Å². The highest BCUT2D eigenvalue weighted by molar-refractivity contribution is 6.31. The minimum absolute atomic E-state index is 0.204. The number of anilines is 1. The third-order valence-electron chi connectivity index (χ3n) is 5.15. The van der Waals surface area contributed by atoms with Crippen LogP contribution in [0.4, 0.5) is 5.69 Å². The van der Waals surface area contributed by atoms with Gasteiger partial charge in [0.15, 0.2) is 12.1 Å². The van der Waals surface area contributed by atoms with Crippen molar-refractivity contribution in [3.05, 3.63) is 71.1 Å². The van der Waals surface area contributed by atoms with E-state index in [0.29, 0.717) is 28.1 Å². The van der Waals surface area contributed by atoms with E-state index in [1.54, 1.807) is 31.2 Å². The molecule has 0 saturated carbocycles. The average Bonchev–Trinajstić information content (AvgIpc) is 3.39. The maximum atomic E-state index is 13.1. The summed E-state index contributed by atoms with van der Waals surface area (Å²) in [6, 6.07) is 14.5. The Hall–Kier alpha value is -3.52. The second-order valence-corrected chi connectivity index (χ2v) is 7.51. The van der Waals surface area contributed by atoms with Crippen LogP contribution in [0.3, 0.4) is 0 Å². The van der Waals surface area contributed by atoms with Crippen molar-refractivity contribution in [2.24, 2.45) is 10.3 Å².